The summed E-state index contributed by atoms with van der Waals surface area (Å²) < 4.78 is 5.13. The highest BCUT2D eigenvalue weighted by Gasteiger charge is 2.05. The Morgan fingerprint density at radius 2 is 2.29 bits per heavy atom. The Hall–Kier alpha value is -0.710. The van der Waals surface area contributed by atoms with Crippen LogP contribution in [-0.4, -0.2) is 24.2 Å². The summed E-state index contributed by atoms with van der Waals surface area (Å²) in [6.07, 6.45) is 0. The molecular weight excluding hydrogens is 198 g/mol. The molecule has 4 heteroatoms. The van der Waals surface area contributed by atoms with Gasteiger partial charge in [-0.25, -0.2) is 0 Å². The molecule has 1 aromatic rings. The highest BCUT2D eigenvalue weighted by atomic mass is 32.2. The second kappa shape index (κ2) is 5.24. The van der Waals surface area contributed by atoms with Gasteiger partial charge in [0.05, 0.1) is 7.11 Å². The first-order chi connectivity index (χ1) is 6.67. The Kier molecular flexibility index (Phi) is 4.25. The summed E-state index contributed by atoms with van der Waals surface area (Å²) in [5.74, 6) is 0.858. The summed E-state index contributed by atoms with van der Waals surface area (Å²) in [7, 11) is 1.64. The van der Waals surface area contributed by atoms with Crippen LogP contribution >= 0.6 is 11.8 Å². The van der Waals surface area contributed by atoms with Crippen LogP contribution in [0.15, 0.2) is 23.1 Å². The monoisotopic (exact) mass is 213 g/mol. The molecule has 0 aromatic heterocycles. The van der Waals surface area contributed by atoms with Gasteiger partial charge in [0.25, 0.3) is 0 Å². The van der Waals surface area contributed by atoms with Gasteiger partial charge in [0.1, 0.15) is 11.2 Å². The van der Waals surface area contributed by atoms with E-state index < -0.39 is 5.44 Å². The first-order valence-electron chi connectivity index (χ1n) is 4.36. The third kappa shape index (κ3) is 2.90. The lowest BCUT2D eigenvalue weighted by atomic mass is 10.2. The van der Waals surface area contributed by atoms with Gasteiger partial charge in [-0.3, -0.25) is 0 Å². The van der Waals surface area contributed by atoms with E-state index in [0.29, 0.717) is 0 Å². The lowest BCUT2D eigenvalue weighted by Gasteiger charge is -2.09. The molecule has 0 aliphatic rings. The predicted octanol–water partition coefficient (Wildman–Crippen LogP) is 1.37. The van der Waals surface area contributed by atoms with E-state index in [2.05, 4.69) is 0 Å². The number of thioether (sulfide) groups is 1. The fourth-order valence-electron chi connectivity index (χ4n) is 1.13. The minimum atomic E-state index is -0.539. The predicted molar refractivity (Wildman–Crippen MR) is 58.6 cm³/mol. The molecule has 0 aliphatic heterocycles. The van der Waals surface area contributed by atoms with Crippen molar-refractivity contribution in [1.82, 2.24) is 0 Å². The Balaban J connectivity index is 2.76. The molecule has 3 N–H and O–H groups in total. The molecule has 0 aliphatic carbocycles. The summed E-state index contributed by atoms with van der Waals surface area (Å²) in [4.78, 5) is 1.00. The van der Waals surface area contributed by atoms with Gasteiger partial charge in [0.15, 0.2) is 0 Å². The molecule has 0 amide bonds. The number of aliphatic hydroxyl groups excluding tert-OH is 1. The van der Waals surface area contributed by atoms with E-state index in [1.165, 1.54) is 11.8 Å². The van der Waals surface area contributed by atoms with Gasteiger partial charge in [0.2, 0.25) is 0 Å². The van der Waals surface area contributed by atoms with E-state index in [0.717, 1.165) is 16.2 Å². The number of benzene rings is 1. The minimum Gasteiger partial charge on any atom is -0.496 e. The van der Waals surface area contributed by atoms with Gasteiger partial charge in [-0.15, -0.1) is 0 Å². The number of hydrogen-bond donors (Lipinski definition) is 2. The molecule has 1 rings (SSSR count). The molecule has 0 saturated carbocycles. The fourth-order valence-corrected chi connectivity index (χ4v) is 1.93. The van der Waals surface area contributed by atoms with Crippen molar-refractivity contribution in [2.24, 2.45) is 5.73 Å². The molecule has 0 spiro atoms. The van der Waals surface area contributed by atoms with E-state index in [1.807, 2.05) is 25.1 Å². The lowest BCUT2D eigenvalue weighted by molar-refractivity contribution is 0.271. The average Bonchev–Trinajstić information content (AvgIpc) is 2.18. The summed E-state index contributed by atoms with van der Waals surface area (Å²) in [6, 6.07) is 5.78. The average molecular weight is 213 g/mol. The summed E-state index contributed by atoms with van der Waals surface area (Å²) in [6.45, 7) is 2.23. The highest BCUT2D eigenvalue weighted by Crippen LogP contribution is 2.26. The van der Waals surface area contributed by atoms with E-state index >= 15 is 0 Å². The molecule has 0 radical (unpaired) electrons. The van der Waals surface area contributed by atoms with E-state index in [9.17, 15) is 5.11 Å². The van der Waals surface area contributed by atoms with Crippen molar-refractivity contribution in [2.75, 3.05) is 13.7 Å². The number of ether oxygens (including phenoxy) is 1. The molecular formula is C10H15NO2S. The van der Waals surface area contributed by atoms with E-state index in [4.69, 9.17) is 10.5 Å². The van der Waals surface area contributed by atoms with Crippen LogP contribution in [0.25, 0.3) is 0 Å². The Bertz CT molecular complexity index is 304. The minimum absolute atomic E-state index is 0.260. The maximum absolute atomic E-state index is 9.34. The smallest absolute Gasteiger partial charge is 0.121 e. The van der Waals surface area contributed by atoms with Crippen molar-refractivity contribution in [2.45, 2.75) is 17.3 Å². The molecule has 78 valence electrons. The van der Waals surface area contributed by atoms with E-state index in [1.54, 1.807) is 7.11 Å². The number of rotatable bonds is 4. The zero-order chi connectivity index (χ0) is 10.6. The molecule has 0 fully saturated rings. The second-order valence-corrected chi connectivity index (χ2v) is 4.19. The quantitative estimate of drug-likeness (QED) is 0.586. The Morgan fingerprint density at radius 3 is 2.79 bits per heavy atom. The van der Waals surface area contributed by atoms with Crippen LogP contribution in [0.2, 0.25) is 0 Å². The summed E-state index contributed by atoms with van der Waals surface area (Å²) >= 11 is 1.35. The maximum Gasteiger partial charge on any atom is 0.121 e. The topological polar surface area (TPSA) is 55.5 Å². The third-order valence-electron chi connectivity index (χ3n) is 1.84. The first kappa shape index (κ1) is 11.4. The van der Waals surface area contributed by atoms with Gasteiger partial charge in [-0.1, -0.05) is 11.8 Å². The molecule has 1 atom stereocenters. The van der Waals surface area contributed by atoms with Gasteiger partial charge in [-0.2, -0.15) is 0 Å². The van der Waals surface area contributed by atoms with Crippen molar-refractivity contribution >= 4 is 11.8 Å². The van der Waals surface area contributed by atoms with Gasteiger partial charge in [-0.05, 0) is 30.7 Å². The lowest BCUT2D eigenvalue weighted by Crippen LogP contribution is -2.15. The van der Waals surface area contributed by atoms with Gasteiger partial charge >= 0.3 is 0 Å². The van der Waals surface area contributed by atoms with E-state index in [-0.39, 0.29) is 6.54 Å². The van der Waals surface area contributed by atoms with Crippen molar-refractivity contribution in [3.63, 3.8) is 0 Å². The van der Waals surface area contributed by atoms with Crippen LogP contribution in [0.5, 0.6) is 5.75 Å². The summed E-state index contributed by atoms with van der Waals surface area (Å²) in [5, 5.41) is 9.34. The van der Waals surface area contributed by atoms with Gasteiger partial charge < -0.3 is 15.6 Å². The van der Waals surface area contributed by atoms with Gasteiger partial charge in [0, 0.05) is 11.4 Å². The number of aryl methyl sites for hydroxylation is 1. The zero-order valence-corrected chi connectivity index (χ0v) is 9.17. The van der Waals surface area contributed by atoms with Crippen LogP contribution in [0, 0.1) is 6.92 Å². The molecule has 14 heavy (non-hydrogen) atoms. The fraction of sp³-hybridized carbons (Fsp3) is 0.400. The van der Waals surface area contributed by atoms with Crippen LogP contribution in [0.3, 0.4) is 0 Å². The number of nitrogens with two attached hydrogens (primary N) is 1. The Morgan fingerprint density at radius 1 is 1.57 bits per heavy atom. The zero-order valence-electron chi connectivity index (χ0n) is 8.36. The molecule has 3 nitrogen and oxygen atoms in total. The number of methoxy groups -OCH3 is 1. The van der Waals surface area contributed by atoms with Crippen molar-refractivity contribution < 1.29 is 9.84 Å². The van der Waals surface area contributed by atoms with Crippen molar-refractivity contribution in [3.05, 3.63) is 23.8 Å². The molecule has 0 saturated heterocycles. The maximum atomic E-state index is 9.34. The standard InChI is InChI=1S/C10H15NO2S/c1-7-5-8(14-10(12)6-11)3-4-9(7)13-2/h3-5,10,12H,6,11H2,1-2H3. The van der Waals surface area contributed by atoms with Crippen LogP contribution in [-0.2, 0) is 0 Å². The van der Waals surface area contributed by atoms with Crippen LogP contribution in [0.1, 0.15) is 5.56 Å². The number of aliphatic hydroxyl groups is 1. The first-order valence-corrected chi connectivity index (χ1v) is 5.24. The highest BCUT2D eigenvalue weighted by molar-refractivity contribution is 7.99. The summed E-state index contributed by atoms with van der Waals surface area (Å²) in [5.41, 5.74) is 5.84. The SMILES string of the molecule is COc1ccc(SC(O)CN)cc1C. The van der Waals surface area contributed by atoms with Crippen LogP contribution < -0.4 is 10.5 Å². The molecule has 0 heterocycles. The Labute approximate surface area is 88.3 Å². The van der Waals surface area contributed by atoms with Crippen molar-refractivity contribution in [3.8, 4) is 5.75 Å². The number of hydrogen-bond acceptors (Lipinski definition) is 4. The third-order valence-corrected chi connectivity index (χ3v) is 2.83. The van der Waals surface area contributed by atoms with Crippen molar-refractivity contribution in [1.29, 1.82) is 0 Å². The molecule has 0 bridgehead atoms. The van der Waals surface area contributed by atoms with Crippen LogP contribution in [0.4, 0.5) is 0 Å². The largest absolute Gasteiger partial charge is 0.496 e. The molecule has 1 unspecified atom stereocenters. The normalized spacial score (nSPS) is 12.6. The molecule has 1 aromatic carbocycles. The second-order valence-electron chi connectivity index (χ2n) is 2.94.